The summed E-state index contributed by atoms with van der Waals surface area (Å²) in [5.41, 5.74) is 4.96. The third-order valence-corrected chi connectivity index (χ3v) is 5.95. The number of anilines is 1. The van der Waals surface area contributed by atoms with Gasteiger partial charge in [-0.1, -0.05) is 54.6 Å². The van der Waals surface area contributed by atoms with Crippen molar-refractivity contribution in [1.82, 2.24) is 10.6 Å². The van der Waals surface area contributed by atoms with Gasteiger partial charge in [-0.2, -0.15) is 4.57 Å². The molecule has 0 saturated carbocycles. The first-order chi connectivity index (χ1) is 20.0. The second-order valence-electron chi connectivity index (χ2n) is 8.97. The molecule has 0 radical (unpaired) electrons. The second-order valence-corrected chi connectivity index (χ2v) is 8.97. The maximum atomic E-state index is 12.4. The minimum atomic E-state index is -1.41. The van der Waals surface area contributed by atoms with Gasteiger partial charge in [0.05, 0.1) is 25.7 Å². The average Bonchev–Trinajstić information content (AvgIpc) is 3.00. The fourth-order valence-corrected chi connectivity index (χ4v) is 4.00. The highest BCUT2D eigenvalue weighted by Crippen LogP contribution is 2.24. The number of ether oxygens (including phenoxy) is 2. The van der Waals surface area contributed by atoms with Gasteiger partial charge in [-0.15, -0.1) is 0 Å². The molecule has 0 fully saturated rings. The summed E-state index contributed by atoms with van der Waals surface area (Å²) in [6.07, 6.45) is 3.24. The molecule has 0 atom stereocenters. The Hall–Kier alpha value is -5.38. The third kappa shape index (κ3) is 9.39. The number of aromatic nitrogens is 1. The molecule has 0 aliphatic heterocycles. The zero-order chi connectivity index (χ0) is 28.9. The quantitative estimate of drug-likeness (QED) is 0.231. The van der Waals surface area contributed by atoms with E-state index in [2.05, 4.69) is 34.9 Å². The van der Waals surface area contributed by atoms with Crippen LogP contribution in [0.15, 0.2) is 103 Å². The maximum Gasteiger partial charge on any atom is 0.412 e. The van der Waals surface area contributed by atoms with Gasteiger partial charge >= 0.3 is 12.1 Å². The van der Waals surface area contributed by atoms with Crippen molar-refractivity contribution in [3.63, 3.8) is 0 Å². The van der Waals surface area contributed by atoms with E-state index in [1.165, 1.54) is 16.7 Å². The van der Waals surface area contributed by atoms with Crippen LogP contribution in [0.4, 0.5) is 15.3 Å². The predicted octanol–water partition coefficient (Wildman–Crippen LogP) is 3.02. The lowest BCUT2D eigenvalue weighted by atomic mass is 9.98. The molecule has 210 valence electrons. The van der Waals surface area contributed by atoms with Crippen LogP contribution in [0.25, 0.3) is 11.1 Å². The molecule has 1 heterocycles. The van der Waals surface area contributed by atoms with Gasteiger partial charge in [-0.25, -0.2) is 9.59 Å². The van der Waals surface area contributed by atoms with Gasteiger partial charge in [-0.3, -0.25) is 0 Å². The summed E-state index contributed by atoms with van der Waals surface area (Å²) in [6.45, 7) is -0.0195. The number of aliphatic carboxylic acids is 1. The van der Waals surface area contributed by atoms with E-state index in [0.29, 0.717) is 18.0 Å². The predicted molar refractivity (Wildman–Crippen MR) is 150 cm³/mol. The Morgan fingerprint density at radius 2 is 1.59 bits per heavy atom. The minimum absolute atomic E-state index is 0.132. The second kappa shape index (κ2) is 14.7. The molecule has 0 aliphatic carbocycles. The molecule has 1 aromatic heterocycles. The van der Waals surface area contributed by atoms with E-state index < -0.39 is 18.6 Å². The van der Waals surface area contributed by atoms with Crippen LogP contribution < -0.4 is 30.4 Å². The van der Waals surface area contributed by atoms with Crippen LogP contribution in [0.2, 0.25) is 0 Å². The molecule has 3 aromatic carbocycles. The van der Waals surface area contributed by atoms with Gasteiger partial charge in [0.2, 0.25) is 0 Å². The normalized spacial score (nSPS) is 10.3. The highest BCUT2D eigenvalue weighted by atomic mass is 16.6. The molecule has 3 N–H and O–H groups in total. The number of urea groups is 1. The number of carbonyl (C=O) groups is 3. The van der Waals surface area contributed by atoms with Crippen LogP contribution in [-0.2, 0) is 29.2 Å². The van der Waals surface area contributed by atoms with Crippen LogP contribution in [0.3, 0.4) is 0 Å². The van der Waals surface area contributed by atoms with Crippen LogP contribution in [-0.4, -0.2) is 31.2 Å². The number of carboxylic acid groups (broad SMARTS) is 1. The van der Waals surface area contributed by atoms with E-state index in [1.54, 1.807) is 41.2 Å². The van der Waals surface area contributed by atoms with Gasteiger partial charge < -0.3 is 35.3 Å². The summed E-state index contributed by atoms with van der Waals surface area (Å²) in [5, 5.41) is 18.0. The molecular weight excluding hydrogens is 524 g/mol. The van der Waals surface area contributed by atoms with Crippen molar-refractivity contribution in [3.05, 3.63) is 115 Å². The van der Waals surface area contributed by atoms with Crippen molar-refractivity contribution >= 4 is 23.8 Å². The molecule has 0 bridgehead atoms. The molecule has 0 saturated heterocycles. The van der Waals surface area contributed by atoms with E-state index in [-0.39, 0.29) is 19.3 Å². The summed E-state index contributed by atoms with van der Waals surface area (Å²) in [6, 6.07) is 28.9. The molecule has 0 aliphatic rings. The van der Waals surface area contributed by atoms with E-state index in [4.69, 9.17) is 9.47 Å². The first-order valence-electron chi connectivity index (χ1n) is 13.0. The van der Waals surface area contributed by atoms with Gasteiger partial charge in [0, 0.05) is 23.7 Å². The van der Waals surface area contributed by atoms with E-state index >= 15 is 0 Å². The number of hydrogen-bond donors (Lipinski definition) is 3. The smallest absolute Gasteiger partial charge is 0.412 e. The number of nitrogens with zero attached hydrogens (tertiary/aromatic N) is 1. The number of carboxylic acids is 1. The SMILES string of the molecule is O=C([O-])CNC(=O)OC[n+]1cccc(CNC(=O)Nc2ccc(OCCc3ccccc3-c3ccccc3)cc2)c1. The molecule has 0 unspecified atom stereocenters. The summed E-state index contributed by atoms with van der Waals surface area (Å²) in [4.78, 5) is 34.2. The molecule has 10 heteroatoms. The highest BCUT2D eigenvalue weighted by molar-refractivity contribution is 5.89. The zero-order valence-corrected chi connectivity index (χ0v) is 22.2. The van der Waals surface area contributed by atoms with Crippen molar-refractivity contribution in [2.24, 2.45) is 0 Å². The molecule has 10 nitrogen and oxygen atoms in total. The van der Waals surface area contributed by atoms with Gasteiger partial charge in [0.1, 0.15) is 5.75 Å². The first-order valence-corrected chi connectivity index (χ1v) is 13.0. The fraction of sp³-hybridized carbons (Fsp3) is 0.161. The average molecular weight is 555 g/mol. The Morgan fingerprint density at radius 3 is 2.37 bits per heavy atom. The third-order valence-electron chi connectivity index (χ3n) is 5.95. The standard InChI is InChI=1S/C31H30N4O6/c36-29(37)20-33-31(39)41-22-35-17-6-7-23(21-35)19-32-30(38)34-26-12-14-27(15-13-26)40-18-16-25-10-4-5-11-28(25)24-8-2-1-3-9-24/h1-15,17,21H,16,18-20,22H2,(H3-,32,33,34,36,37,38,39). The topological polar surface area (TPSA) is 133 Å². The fourth-order valence-electron chi connectivity index (χ4n) is 4.00. The van der Waals surface area contributed by atoms with Gasteiger partial charge in [0.15, 0.2) is 12.4 Å². The highest BCUT2D eigenvalue weighted by Gasteiger charge is 2.09. The Labute approximate surface area is 237 Å². The molecule has 0 spiro atoms. The lowest BCUT2D eigenvalue weighted by Gasteiger charge is -2.12. The number of hydrogen-bond acceptors (Lipinski definition) is 6. The summed E-state index contributed by atoms with van der Waals surface area (Å²) in [7, 11) is 0. The molecule has 3 amide bonds. The van der Waals surface area contributed by atoms with Gasteiger partial charge in [-0.05, 0) is 47.0 Å². The van der Waals surface area contributed by atoms with Crippen LogP contribution in [0.1, 0.15) is 11.1 Å². The Morgan fingerprint density at radius 1 is 0.829 bits per heavy atom. The van der Waals surface area contributed by atoms with Crippen molar-refractivity contribution < 1.29 is 33.5 Å². The number of benzene rings is 3. The number of carbonyl (C=O) groups excluding carboxylic acids is 3. The van der Waals surface area contributed by atoms with E-state index in [0.717, 1.165) is 12.0 Å². The summed E-state index contributed by atoms with van der Waals surface area (Å²) >= 11 is 0. The Balaban J connectivity index is 1.20. The zero-order valence-electron chi connectivity index (χ0n) is 22.2. The van der Waals surface area contributed by atoms with Crippen molar-refractivity contribution in [3.8, 4) is 16.9 Å². The Kier molecular flexibility index (Phi) is 10.3. The monoisotopic (exact) mass is 554 g/mol. The molecule has 4 aromatic rings. The Bertz CT molecular complexity index is 1460. The number of rotatable bonds is 12. The molecule has 4 rings (SSSR count). The van der Waals surface area contributed by atoms with Crippen LogP contribution in [0, 0.1) is 0 Å². The maximum absolute atomic E-state index is 12.4. The number of pyridine rings is 1. The molecule has 41 heavy (non-hydrogen) atoms. The summed E-state index contributed by atoms with van der Waals surface area (Å²) in [5.74, 6) is -0.709. The molecular formula is C31H30N4O6. The van der Waals surface area contributed by atoms with Crippen molar-refractivity contribution in [2.45, 2.75) is 19.7 Å². The lowest BCUT2D eigenvalue weighted by molar-refractivity contribution is -0.727. The van der Waals surface area contributed by atoms with Gasteiger partial charge in [0.25, 0.3) is 6.73 Å². The number of amides is 3. The lowest BCUT2D eigenvalue weighted by Crippen LogP contribution is -2.41. The van der Waals surface area contributed by atoms with Crippen molar-refractivity contribution in [1.29, 1.82) is 0 Å². The van der Waals surface area contributed by atoms with Crippen LogP contribution >= 0.6 is 0 Å². The minimum Gasteiger partial charge on any atom is -0.548 e. The number of nitrogens with one attached hydrogen (secondary N) is 3. The first kappa shape index (κ1) is 28.6. The van der Waals surface area contributed by atoms with Crippen molar-refractivity contribution in [2.75, 3.05) is 18.5 Å². The number of alkyl carbamates (subject to hydrolysis) is 1. The largest absolute Gasteiger partial charge is 0.548 e. The summed E-state index contributed by atoms with van der Waals surface area (Å²) < 4.78 is 12.4. The van der Waals surface area contributed by atoms with E-state index in [9.17, 15) is 19.5 Å². The van der Waals surface area contributed by atoms with Crippen LogP contribution in [0.5, 0.6) is 5.75 Å². The van der Waals surface area contributed by atoms with E-state index in [1.807, 2.05) is 47.8 Å².